The monoisotopic (exact) mass is 212 g/mol. The number of halogens is 1. The van der Waals surface area contributed by atoms with Gasteiger partial charge in [0, 0.05) is 24.3 Å². The predicted octanol–water partition coefficient (Wildman–Crippen LogP) is 2.58. The van der Waals surface area contributed by atoms with Gasteiger partial charge in [0.25, 0.3) is 0 Å². The van der Waals surface area contributed by atoms with Crippen LogP contribution in [0.3, 0.4) is 0 Å². The highest BCUT2D eigenvalue weighted by atomic mass is 35.5. The minimum atomic E-state index is 0.302. The molecule has 3 heteroatoms. The van der Waals surface area contributed by atoms with Gasteiger partial charge in [0.2, 0.25) is 0 Å². The number of nitrogens with one attached hydrogen (secondary N) is 1. The summed E-state index contributed by atoms with van der Waals surface area (Å²) in [5.74, 6) is 0. The summed E-state index contributed by atoms with van der Waals surface area (Å²) < 4.78 is 0. The van der Waals surface area contributed by atoms with Crippen molar-refractivity contribution in [2.75, 3.05) is 6.54 Å². The van der Waals surface area contributed by atoms with Crippen molar-refractivity contribution in [2.24, 2.45) is 0 Å². The van der Waals surface area contributed by atoms with Crippen molar-refractivity contribution >= 4 is 11.6 Å². The fourth-order valence-electron chi connectivity index (χ4n) is 1.20. The predicted molar refractivity (Wildman–Crippen MR) is 60.5 cm³/mol. The van der Waals surface area contributed by atoms with E-state index >= 15 is 0 Å². The third-order valence-corrected chi connectivity index (χ3v) is 2.66. The van der Waals surface area contributed by atoms with Crippen LogP contribution in [0.2, 0.25) is 0 Å². The average molecular weight is 213 g/mol. The Morgan fingerprint density at radius 2 is 2.43 bits per heavy atom. The van der Waals surface area contributed by atoms with E-state index in [1.807, 2.05) is 12.3 Å². The van der Waals surface area contributed by atoms with E-state index in [2.05, 4.69) is 23.3 Å². The maximum absolute atomic E-state index is 5.99. The van der Waals surface area contributed by atoms with E-state index in [0.29, 0.717) is 5.38 Å². The summed E-state index contributed by atoms with van der Waals surface area (Å²) in [7, 11) is 0. The molecule has 1 aromatic heterocycles. The first-order chi connectivity index (χ1) is 6.83. The largest absolute Gasteiger partial charge is 0.313 e. The van der Waals surface area contributed by atoms with Gasteiger partial charge in [-0.15, -0.1) is 11.6 Å². The second-order valence-corrected chi connectivity index (χ2v) is 3.95. The molecule has 1 rings (SSSR count). The Labute approximate surface area is 90.7 Å². The first-order valence-corrected chi connectivity index (χ1v) is 5.50. The lowest BCUT2D eigenvalue weighted by molar-refractivity contribution is 0.621. The summed E-state index contributed by atoms with van der Waals surface area (Å²) in [4.78, 5) is 4.05. The minimum Gasteiger partial charge on any atom is -0.313 e. The van der Waals surface area contributed by atoms with Crippen LogP contribution < -0.4 is 5.32 Å². The summed E-state index contributed by atoms with van der Waals surface area (Å²) in [5, 5.41) is 3.64. The minimum absolute atomic E-state index is 0.302. The molecule has 1 unspecified atom stereocenters. The molecule has 0 amide bonds. The third-order valence-electron chi connectivity index (χ3n) is 2.13. The summed E-state index contributed by atoms with van der Waals surface area (Å²) in [6, 6.07) is 4.02. The van der Waals surface area contributed by atoms with Gasteiger partial charge in [0.05, 0.1) is 0 Å². The Morgan fingerprint density at radius 3 is 3.07 bits per heavy atom. The van der Waals surface area contributed by atoms with E-state index in [1.54, 1.807) is 6.20 Å². The number of rotatable bonds is 6. The number of hydrogen-bond donors (Lipinski definition) is 1. The number of pyridine rings is 1. The zero-order valence-electron chi connectivity index (χ0n) is 8.54. The molecule has 1 N–H and O–H groups in total. The van der Waals surface area contributed by atoms with Crippen LogP contribution in [-0.2, 0) is 6.54 Å². The van der Waals surface area contributed by atoms with Gasteiger partial charge in [-0.25, -0.2) is 0 Å². The van der Waals surface area contributed by atoms with Gasteiger partial charge in [0.15, 0.2) is 0 Å². The SMILES string of the molecule is CCC(Cl)CCNCc1cccnc1. The molecule has 0 saturated heterocycles. The van der Waals surface area contributed by atoms with Gasteiger partial charge in [-0.1, -0.05) is 13.0 Å². The summed E-state index contributed by atoms with van der Waals surface area (Å²) in [6.45, 7) is 3.96. The van der Waals surface area contributed by atoms with Crippen LogP contribution in [0.15, 0.2) is 24.5 Å². The van der Waals surface area contributed by atoms with Gasteiger partial charge in [-0.3, -0.25) is 4.98 Å². The van der Waals surface area contributed by atoms with Gasteiger partial charge in [-0.2, -0.15) is 0 Å². The number of aromatic nitrogens is 1. The van der Waals surface area contributed by atoms with E-state index in [-0.39, 0.29) is 0 Å². The zero-order chi connectivity index (χ0) is 10.2. The van der Waals surface area contributed by atoms with Gasteiger partial charge in [0.1, 0.15) is 0 Å². The quantitative estimate of drug-likeness (QED) is 0.579. The second kappa shape index (κ2) is 6.80. The number of alkyl halides is 1. The molecule has 0 saturated carbocycles. The normalized spacial score (nSPS) is 12.7. The molecule has 0 fully saturated rings. The summed E-state index contributed by atoms with van der Waals surface area (Å²) >= 11 is 5.99. The lowest BCUT2D eigenvalue weighted by Gasteiger charge is -2.07. The Hall–Kier alpha value is -0.600. The van der Waals surface area contributed by atoms with E-state index < -0.39 is 0 Å². The molecular weight excluding hydrogens is 196 g/mol. The van der Waals surface area contributed by atoms with E-state index in [4.69, 9.17) is 11.6 Å². The van der Waals surface area contributed by atoms with Crippen molar-refractivity contribution in [1.29, 1.82) is 0 Å². The zero-order valence-corrected chi connectivity index (χ0v) is 9.30. The topological polar surface area (TPSA) is 24.9 Å². The molecule has 0 aromatic carbocycles. The van der Waals surface area contributed by atoms with Crippen LogP contribution in [-0.4, -0.2) is 16.9 Å². The molecule has 1 atom stereocenters. The van der Waals surface area contributed by atoms with Crippen LogP contribution in [0, 0.1) is 0 Å². The molecule has 1 heterocycles. The molecule has 2 nitrogen and oxygen atoms in total. The molecule has 0 aliphatic rings. The highest BCUT2D eigenvalue weighted by Crippen LogP contribution is 2.04. The Bertz CT molecular complexity index is 238. The molecule has 0 aliphatic carbocycles. The third kappa shape index (κ3) is 4.58. The lowest BCUT2D eigenvalue weighted by Crippen LogP contribution is -2.17. The molecule has 0 radical (unpaired) electrons. The smallest absolute Gasteiger partial charge is 0.0345 e. The molecule has 14 heavy (non-hydrogen) atoms. The number of nitrogens with zero attached hydrogens (tertiary/aromatic N) is 1. The molecule has 1 aromatic rings. The van der Waals surface area contributed by atoms with Crippen LogP contribution in [0.1, 0.15) is 25.3 Å². The summed E-state index contributed by atoms with van der Waals surface area (Å²) in [6.07, 6.45) is 5.73. The van der Waals surface area contributed by atoms with Crippen molar-refractivity contribution in [1.82, 2.24) is 10.3 Å². The molecular formula is C11H17ClN2. The molecule has 0 spiro atoms. The highest BCUT2D eigenvalue weighted by Gasteiger charge is 1.99. The molecule has 78 valence electrons. The van der Waals surface area contributed by atoms with Crippen LogP contribution in [0.4, 0.5) is 0 Å². The van der Waals surface area contributed by atoms with E-state index in [9.17, 15) is 0 Å². The first kappa shape index (κ1) is 11.5. The molecule has 0 bridgehead atoms. The van der Waals surface area contributed by atoms with Crippen molar-refractivity contribution in [3.63, 3.8) is 0 Å². The van der Waals surface area contributed by atoms with Crippen LogP contribution in [0.25, 0.3) is 0 Å². The van der Waals surface area contributed by atoms with Crippen molar-refractivity contribution in [3.8, 4) is 0 Å². The van der Waals surface area contributed by atoms with Gasteiger partial charge < -0.3 is 5.32 Å². The van der Waals surface area contributed by atoms with Crippen molar-refractivity contribution in [3.05, 3.63) is 30.1 Å². The first-order valence-electron chi connectivity index (χ1n) is 5.06. The Balaban J connectivity index is 2.10. The van der Waals surface area contributed by atoms with Crippen molar-refractivity contribution < 1.29 is 0 Å². The number of hydrogen-bond acceptors (Lipinski definition) is 2. The maximum atomic E-state index is 5.99. The molecule has 0 aliphatic heterocycles. The standard InChI is InChI=1S/C11H17ClN2/c1-2-11(12)5-7-14-9-10-4-3-6-13-8-10/h3-4,6,8,11,14H,2,5,7,9H2,1H3. The highest BCUT2D eigenvalue weighted by molar-refractivity contribution is 6.20. The lowest BCUT2D eigenvalue weighted by atomic mass is 10.2. The maximum Gasteiger partial charge on any atom is 0.0345 e. The Morgan fingerprint density at radius 1 is 1.57 bits per heavy atom. The fourth-order valence-corrected chi connectivity index (χ4v) is 1.31. The second-order valence-electron chi connectivity index (χ2n) is 3.33. The van der Waals surface area contributed by atoms with E-state index in [1.165, 1.54) is 5.56 Å². The summed E-state index contributed by atoms with van der Waals surface area (Å²) in [5.41, 5.74) is 1.22. The van der Waals surface area contributed by atoms with Gasteiger partial charge >= 0.3 is 0 Å². The van der Waals surface area contributed by atoms with Crippen LogP contribution >= 0.6 is 11.6 Å². The average Bonchev–Trinajstić information content (AvgIpc) is 2.25. The Kier molecular flexibility index (Phi) is 5.57. The van der Waals surface area contributed by atoms with Gasteiger partial charge in [-0.05, 0) is 31.0 Å². The van der Waals surface area contributed by atoms with Crippen LogP contribution in [0.5, 0.6) is 0 Å². The fraction of sp³-hybridized carbons (Fsp3) is 0.545. The van der Waals surface area contributed by atoms with E-state index in [0.717, 1.165) is 25.9 Å². The van der Waals surface area contributed by atoms with Crippen molar-refractivity contribution in [2.45, 2.75) is 31.7 Å².